The Labute approximate surface area is 141 Å². The number of ether oxygens (including phenoxy) is 1. The van der Waals surface area contributed by atoms with E-state index in [0.29, 0.717) is 11.3 Å². The van der Waals surface area contributed by atoms with Crippen molar-refractivity contribution in [1.82, 2.24) is 4.98 Å². The number of methoxy groups -OCH3 is 1. The summed E-state index contributed by atoms with van der Waals surface area (Å²) in [5.41, 5.74) is -1.32. The lowest BCUT2D eigenvalue weighted by Crippen LogP contribution is -2.16. The topological polar surface area (TPSA) is 110 Å². The van der Waals surface area contributed by atoms with Gasteiger partial charge in [-0.3, -0.25) is 0 Å². The first-order valence-corrected chi connectivity index (χ1v) is 7.22. The average Bonchev–Trinajstić information content (AvgIpc) is 2.62. The van der Waals surface area contributed by atoms with Gasteiger partial charge < -0.3 is 19.4 Å². The van der Waals surface area contributed by atoms with Crippen molar-refractivity contribution in [2.75, 3.05) is 7.11 Å². The minimum atomic E-state index is -1.50. The third-order valence-corrected chi connectivity index (χ3v) is 3.54. The van der Waals surface area contributed by atoms with Crippen LogP contribution in [0.5, 0.6) is 5.75 Å². The molecule has 7 heteroatoms. The first kappa shape index (κ1) is 16.3. The zero-order chi connectivity index (χ0) is 18.0. The number of para-hydroxylation sites is 2. The van der Waals surface area contributed by atoms with Gasteiger partial charge in [0.15, 0.2) is 11.3 Å². The molecule has 0 aliphatic rings. The zero-order valence-corrected chi connectivity index (χ0v) is 13.1. The van der Waals surface area contributed by atoms with Crippen LogP contribution in [0.25, 0.3) is 22.4 Å². The first-order valence-electron chi connectivity index (χ1n) is 7.22. The smallest absolute Gasteiger partial charge is 0.363 e. The lowest BCUT2D eigenvalue weighted by Gasteiger charge is -2.07. The summed E-state index contributed by atoms with van der Waals surface area (Å²) in [7, 11) is 1.48. The number of carbonyl (C=O) groups is 1. The molecule has 0 unspecified atom stereocenters. The van der Waals surface area contributed by atoms with Gasteiger partial charge >= 0.3 is 11.6 Å². The second-order valence-electron chi connectivity index (χ2n) is 5.07. The average molecular weight is 339 g/mol. The number of fused-ring (bicyclic) bond motifs is 1. The Kier molecular flexibility index (Phi) is 4.21. The molecule has 7 nitrogen and oxygen atoms in total. The van der Waals surface area contributed by atoms with Crippen LogP contribution in [-0.2, 0) is 4.79 Å². The summed E-state index contributed by atoms with van der Waals surface area (Å²) in [6.07, 6.45) is 0. The Balaban J connectivity index is 2.23. The number of hydrogen-bond donors (Lipinski definition) is 2. The van der Waals surface area contributed by atoms with Gasteiger partial charge in [-0.1, -0.05) is 12.1 Å². The van der Waals surface area contributed by atoms with Crippen molar-refractivity contribution in [1.29, 1.82) is 0 Å². The van der Waals surface area contributed by atoms with Gasteiger partial charge in [-0.25, -0.2) is 14.6 Å². The number of nitrogens with zero attached hydrogens (tertiary/aromatic N) is 1. The van der Waals surface area contributed by atoms with Crippen molar-refractivity contribution in [2.24, 2.45) is 0 Å². The van der Waals surface area contributed by atoms with E-state index in [-0.39, 0.29) is 11.1 Å². The summed E-state index contributed by atoms with van der Waals surface area (Å²) < 4.78 is 10.1. The number of hydrogen-bond acceptors (Lipinski definition) is 6. The van der Waals surface area contributed by atoms with E-state index < -0.39 is 28.6 Å². The van der Waals surface area contributed by atoms with E-state index in [1.807, 2.05) is 0 Å². The van der Waals surface area contributed by atoms with Gasteiger partial charge in [0.1, 0.15) is 22.6 Å². The van der Waals surface area contributed by atoms with E-state index in [4.69, 9.17) is 9.15 Å². The van der Waals surface area contributed by atoms with E-state index in [9.17, 15) is 19.8 Å². The van der Waals surface area contributed by atoms with Crippen molar-refractivity contribution >= 4 is 28.4 Å². The highest BCUT2D eigenvalue weighted by Crippen LogP contribution is 2.24. The summed E-state index contributed by atoms with van der Waals surface area (Å²) in [6, 6.07) is 12.5. The lowest BCUT2D eigenvalue weighted by molar-refractivity contribution is -0.130. The molecule has 2 aromatic carbocycles. The molecule has 0 fully saturated rings. The van der Waals surface area contributed by atoms with Crippen LogP contribution in [0.1, 0.15) is 11.3 Å². The molecular formula is C18H13NO6. The van der Waals surface area contributed by atoms with Crippen molar-refractivity contribution < 1.29 is 24.2 Å². The highest BCUT2D eigenvalue weighted by molar-refractivity contribution is 6.21. The third-order valence-electron chi connectivity index (χ3n) is 3.54. The van der Waals surface area contributed by atoms with E-state index in [1.165, 1.54) is 19.2 Å². The maximum Gasteiger partial charge on any atom is 0.363 e. The van der Waals surface area contributed by atoms with Gasteiger partial charge in [0.25, 0.3) is 0 Å². The van der Waals surface area contributed by atoms with Gasteiger partial charge in [0, 0.05) is 5.56 Å². The van der Waals surface area contributed by atoms with E-state index in [1.54, 1.807) is 36.4 Å². The van der Waals surface area contributed by atoms with Gasteiger partial charge in [-0.2, -0.15) is 0 Å². The number of aliphatic hydroxyl groups excluding tert-OH is 1. The number of carboxylic acids is 1. The molecule has 126 valence electrons. The van der Waals surface area contributed by atoms with Crippen molar-refractivity contribution in [3.05, 3.63) is 70.2 Å². The standard InChI is InChI=1S/C18H13NO6/c1-24-11-8-6-10(7-9-11)16(20)14(17(21)22)15-18(23)25-13-5-3-2-4-12(13)19-15/h2-9,20H,1H3,(H,21,22). The lowest BCUT2D eigenvalue weighted by atomic mass is 10.1. The molecule has 0 atom stereocenters. The van der Waals surface area contributed by atoms with E-state index in [0.717, 1.165) is 0 Å². The Morgan fingerprint density at radius 3 is 2.40 bits per heavy atom. The van der Waals surface area contributed by atoms with Crippen LogP contribution in [0.2, 0.25) is 0 Å². The highest BCUT2D eigenvalue weighted by atomic mass is 16.5. The fraction of sp³-hybridized carbons (Fsp3) is 0.0556. The van der Waals surface area contributed by atoms with Crippen LogP contribution in [0.4, 0.5) is 0 Å². The summed E-state index contributed by atoms with van der Waals surface area (Å²) in [6.45, 7) is 0. The molecule has 0 saturated carbocycles. The van der Waals surface area contributed by atoms with Gasteiger partial charge in [0.05, 0.1) is 7.11 Å². The number of aromatic nitrogens is 1. The second kappa shape index (κ2) is 6.48. The van der Waals surface area contributed by atoms with Crippen LogP contribution in [0, 0.1) is 0 Å². The predicted molar refractivity (Wildman–Crippen MR) is 90.4 cm³/mol. The molecule has 25 heavy (non-hydrogen) atoms. The Bertz CT molecular complexity index is 1030. The molecule has 3 rings (SSSR count). The number of rotatable bonds is 4. The maximum atomic E-state index is 12.2. The number of aliphatic carboxylic acids is 1. The molecule has 0 amide bonds. The quantitative estimate of drug-likeness (QED) is 0.555. The van der Waals surface area contributed by atoms with E-state index in [2.05, 4.69) is 4.98 Å². The van der Waals surface area contributed by atoms with Crippen LogP contribution < -0.4 is 10.4 Å². The molecule has 1 heterocycles. The fourth-order valence-corrected chi connectivity index (χ4v) is 2.32. The van der Waals surface area contributed by atoms with Gasteiger partial charge in [-0.05, 0) is 36.4 Å². The highest BCUT2D eigenvalue weighted by Gasteiger charge is 2.24. The molecule has 3 aromatic rings. The number of benzene rings is 2. The Hall–Kier alpha value is -3.61. The Morgan fingerprint density at radius 1 is 1.08 bits per heavy atom. The largest absolute Gasteiger partial charge is 0.506 e. The molecule has 0 spiro atoms. The normalized spacial score (nSPS) is 11.9. The molecule has 0 radical (unpaired) electrons. The summed E-state index contributed by atoms with van der Waals surface area (Å²) in [5, 5.41) is 19.9. The summed E-state index contributed by atoms with van der Waals surface area (Å²) in [4.78, 5) is 27.9. The SMILES string of the molecule is COc1ccc(C(O)=C(C(=O)O)c2nc3ccccc3oc2=O)cc1. The van der Waals surface area contributed by atoms with Crippen molar-refractivity contribution in [3.8, 4) is 5.75 Å². The maximum absolute atomic E-state index is 12.2. The van der Waals surface area contributed by atoms with Gasteiger partial charge in [0.2, 0.25) is 0 Å². The summed E-state index contributed by atoms with van der Waals surface area (Å²) in [5.74, 6) is -1.55. The minimum absolute atomic E-state index is 0.201. The van der Waals surface area contributed by atoms with Crippen molar-refractivity contribution in [3.63, 3.8) is 0 Å². The van der Waals surface area contributed by atoms with Crippen LogP contribution >= 0.6 is 0 Å². The monoisotopic (exact) mass is 339 g/mol. The minimum Gasteiger partial charge on any atom is -0.506 e. The third kappa shape index (κ3) is 3.07. The molecule has 0 aliphatic carbocycles. The van der Waals surface area contributed by atoms with Crippen LogP contribution in [0.3, 0.4) is 0 Å². The summed E-state index contributed by atoms with van der Waals surface area (Å²) >= 11 is 0. The van der Waals surface area contributed by atoms with Crippen LogP contribution in [-0.4, -0.2) is 28.3 Å². The molecule has 1 aromatic heterocycles. The van der Waals surface area contributed by atoms with Crippen LogP contribution in [0.15, 0.2) is 57.7 Å². The second-order valence-corrected chi connectivity index (χ2v) is 5.07. The molecule has 0 saturated heterocycles. The molecule has 2 N–H and O–H groups in total. The first-order chi connectivity index (χ1) is 12.0. The Morgan fingerprint density at radius 2 is 1.76 bits per heavy atom. The predicted octanol–water partition coefficient (Wildman–Crippen LogP) is 2.71. The molecule has 0 bridgehead atoms. The van der Waals surface area contributed by atoms with Crippen molar-refractivity contribution in [2.45, 2.75) is 0 Å². The van der Waals surface area contributed by atoms with Gasteiger partial charge in [-0.15, -0.1) is 0 Å². The molecule has 0 aliphatic heterocycles. The fourth-order valence-electron chi connectivity index (χ4n) is 2.32. The molecular weight excluding hydrogens is 326 g/mol. The number of aliphatic hydroxyl groups is 1. The van der Waals surface area contributed by atoms with E-state index >= 15 is 0 Å². The zero-order valence-electron chi connectivity index (χ0n) is 13.1. The number of carboxylic acid groups (broad SMARTS) is 1.